The van der Waals surface area contributed by atoms with Crippen LogP contribution in [0.1, 0.15) is 33.1 Å². The van der Waals surface area contributed by atoms with Crippen molar-refractivity contribution in [2.24, 2.45) is 22.6 Å². The summed E-state index contributed by atoms with van der Waals surface area (Å²) in [6.07, 6.45) is 3.73. The summed E-state index contributed by atoms with van der Waals surface area (Å²) in [5.41, 5.74) is 6.93. The fraction of sp³-hybridized carbons (Fsp3) is 0.632. The van der Waals surface area contributed by atoms with Crippen LogP contribution in [0.3, 0.4) is 0 Å². The molecule has 1 fully saturated rings. The fourth-order valence-electron chi connectivity index (χ4n) is 2.92. The second-order valence-electron chi connectivity index (χ2n) is 7.05. The zero-order valence-corrected chi connectivity index (χ0v) is 15.3. The number of guanidine groups is 1. The molecule has 1 aliphatic heterocycles. The van der Waals surface area contributed by atoms with Gasteiger partial charge in [-0.05, 0) is 75.0 Å². The Balaban J connectivity index is 1.71. The molecule has 24 heavy (non-hydrogen) atoms. The third-order valence-electron chi connectivity index (χ3n) is 4.61. The largest absolute Gasteiger partial charge is 0.497 e. The molecule has 5 heteroatoms. The van der Waals surface area contributed by atoms with E-state index in [2.05, 4.69) is 29.1 Å². The molecule has 1 aromatic rings. The van der Waals surface area contributed by atoms with Gasteiger partial charge in [-0.15, -0.1) is 0 Å². The standard InChI is InChI=1S/C19H32N4O/c1-15(2)8-11-23-12-9-16(10-13-23)14-21-19(20)22-17-4-6-18(24-3)7-5-17/h4-7,15-16H,8-14H2,1-3H3,(H3,20,21,22). The second-order valence-corrected chi connectivity index (χ2v) is 7.05. The molecule has 5 nitrogen and oxygen atoms in total. The van der Waals surface area contributed by atoms with Gasteiger partial charge in [-0.25, -0.2) is 0 Å². The number of nitrogens with zero attached hydrogens (tertiary/aromatic N) is 2. The Morgan fingerprint density at radius 2 is 1.96 bits per heavy atom. The Labute approximate surface area is 146 Å². The minimum Gasteiger partial charge on any atom is -0.497 e. The van der Waals surface area contributed by atoms with Crippen molar-refractivity contribution in [3.05, 3.63) is 24.3 Å². The first-order valence-corrected chi connectivity index (χ1v) is 9.00. The predicted molar refractivity (Wildman–Crippen MR) is 102 cm³/mol. The summed E-state index contributed by atoms with van der Waals surface area (Å²) >= 11 is 0. The van der Waals surface area contributed by atoms with Crippen molar-refractivity contribution in [3.8, 4) is 5.75 Å². The number of ether oxygens (including phenoxy) is 1. The number of hydrogen-bond donors (Lipinski definition) is 2. The lowest BCUT2D eigenvalue weighted by molar-refractivity contribution is 0.180. The summed E-state index contributed by atoms with van der Waals surface area (Å²) in [6.45, 7) is 9.01. The zero-order valence-electron chi connectivity index (χ0n) is 15.3. The molecule has 0 spiro atoms. The number of rotatable bonds is 7. The molecule has 0 amide bonds. The predicted octanol–water partition coefficient (Wildman–Crippen LogP) is 3.18. The van der Waals surface area contributed by atoms with E-state index in [0.29, 0.717) is 11.9 Å². The van der Waals surface area contributed by atoms with Gasteiger partial charge < -0.3 is 20.7 Å². The molecule has 0 bridgehead atoms. The molecule has 1 aromatic carbocycles. The SMILES string of the molecule is COc1ccc(NC(N)=NCC2CCN(CCC(C)C)CC2)cc1. The summed E-state index contributed by atoms with van der Waals surface area (Å²) in [5, 5.41) is 3.14. The molecule has 2 rings (SSSR count). The van der Waals surface area contributed by atoms with Crippen LogP contribution in [0, 0.1) is 11.8 Å². The van der Waals surface area contributed by atoms with Crippen LogP contribution < -0.4 is 15.8 Å². The Kier molecular flexibility index (Phi) is 7.37. The van der Waals surface area contributed by atoms with Crippen molar-refractivity contribution < 1.29 is 4.74 Å². The van der Waals surface area contributed by atoms with Crippen molar-refractivity contribution in [1.82, 2.24) is 4.90 Å². The topological polar surface area (TPSA) is 62.9 Å². The van der Waals surface area contributed by atoms with Gasteiger partial charge in [0.2, 0.25) is 0 Å². The number of likely N-dealkylation sites (tertiary alicyclic amines) is 1. The van der Waals surface area contributed by atoms with Crippen LogP contribution in [0.25, 0.3) is 0 Å². The minimum atomic E-state index is 0.488. The number of aliphatic imine (C=N–C) groups is 1. The van der Waals surface area contributed by atoms with Crippen molar-refractivity contribution in [2.75, 3.05) is 38.6 Å². The third kappa shape index (κ3) is 6.40. The van der Waals surface area contributed by atoms with Crippen LogP contribution >= 0.6 is 0 Å². The van der Waals surface area contributed by atoms with E-state index in [9.17, 15) is 0 Å². The highest BCUT2D eigenvalue weighted by atomic mass is 16.5. The van der Waals surface area contributed by atoms with Crippen LogP contribution in [0.2, 0.25) is 0 Å². The maximum absolute atomic E-state index is 6.00. The Morgan fingerprint density at radius 1 is 1.29 bits per heavy atom. The minimum absolute atomic E-state index is 0.488. The number of nitrogens with one attached hydrogen (secondary N) is 1. The lowest BCUT2D eigenvalue weighted by atomic mass is 9.96. The monoisotopic (exact) mass is 332 g/mol. The first kappa shape index (κ1) is 18.6. The summed E-state index contributed by atoms with van der Waals surface area (Å²) in [5.74, 6) is 2.76. The second kappa shape index (κ2) is 9.52. The van der Waals surface area contributed by atoms with Crippen LogP contribution in [0.5, 0.6) is 5.75 Å². The van der Waals surface area contributed by atoms with E-state index in [-0.39, 0.29) is 0 Å². The van der Waals surface area contributed by atoms with E-state index >= 15 is 0 Å². The Morgan fingerprint density at radius 3 is 2.54 bits per heavy atom. The molecule has 0 atom stereocenters. The number of piperidine rings is 1. The van der Waals surface area contributed by atoms with Crippen molar-refractivity contribution in [2.45, 2.75) is 33.1 Å². The molecule has 0 saturated carbocycles. The van der Waals surface area contributed by atoms with Gasteiger partial charge in [-0.3, -0.25) is 4.99 Å². The lowest BCUT2D eigenvalue weighted by Gasteiger charge is -2.31. The maximum atomic E-state index is 6.00. The first-order chi connectivity index (χ1) is 11.6. The fourth-order valence-corrected chi connectivity index (χ4v) is 2.92. The summed E-state index contributed by atoms with van der Waals surface area (Å²) in [4.78, 5) is 7.10. The molecule has 0 radical (unpaired) electrons. The highest BCUT2D eigenvalue weighted by molar-refractivity contribution is 5.92. The van der Waals surface area contributed by atoms with E-state index in [1.807, 2.05) is 24.3 Å². The Hall–Kier alpha value is -1.75. The maximum Gasteiger partial charge on any atom is 0.193 e. The lowest BCUT2D eigenvalue weighted by Crippen LogP contribution is -2.36. The number of benzene rings is 1. The highest BCUT2D eigenvalue weighted by Crippen LogP contribution is 2.19. The molecule has 1 saturated heterocycles. The van der Waals surface area contributed by atoms with Gasteiger partial charge in [0.15, 0.2) is 5.96 Å². The number of anilines is 1. The molecule has 1 heterocycles. The highest BCUT2D eigenvalue weighted by Gasteiger charge is 2.18. The summed E-state index contributed by atoms with van der Waals surface area (Å²) in [7, 11) is 1.66. The van der Waals surface area contributed by atoms with Gasteiger partial charge in [0.05, 0.1) is 7.11 Å². The van der Waals surface area contributed by atoms with E-state index in [0.717, 1.165) is 23.9 Å². The van der Waals surface area contributed by atoms with Crippen LogP contribution in [0.4, 0.5) is 5.69 Å². The molecule has 0 aromatic heterocycles. The van der Waals surface area contributed by atoms with Crippen molar-refractivity contribution >= 4 is 11.6 Å². The molecule has 3 N–H and O–H groups in total. The first-order valence-electron chi connectivity index (χ1n) is 9.00. The smallest absolute Gasteiger partial charge is 0.193 e. The van der Waals surface area contributed by atoms with E-state index in [1.54, 1.807) is 7.11 Å². The number of hydrogen-bond acceptors (Lipinski definition) is 3. The van der Waals surface area contributed by atoms with Gasteiger partial charge in [0.1, 0.15) is 5.75 Å². The Bertz CT molecular complexity index is 505. The van der Waals surface area contributed by atoms with E-state index in [4.69, 9.17) is 10.5 Å². The van der Waals surface area contributed by atoms with Crippen molar-refractivity contribution in [3.63, 3.8) is 0 Å². The zero-order chi connectivity index (χ0) is 17.4. The van der Waals surface area contributed by atoms with Gasteiger partial charge in [0.25, 0.3) is 0 Å². The molecular weight excluding hydrogens is 300 g/mol. The van der Waals surface area contributed by atoms with Gasteiger partial charge in [-0.2, -0.15) is 0 Å². The van der Waals surface area contributed by atoms with E-state index < -0.39 is 0 Å². The molecule has 0 unspecified atom stereocenters. The van der Waals surface area contributed by atoms with Gasteiger partial charge >= 0.3 is 0 Å². The molecular formula is C19H32N4O. The summed E-state index contributed by atoms with van der Waals surface area (Å²) < 4.78 is 5.15. The number of nitrogens with two attached hydrogens (primary N) is 1. The van der Waals surface area contributed by atoms with Crippen LogP contribution in [0.15, 0.2) is 29.3 Å². The van der Waals surface area contributed by atoms with E-state index in [1.165, 1.54) is 38.9 Å². The normalized spacial score (nSPS) is 17.2. The van der Waals surface area contributed by atoms with Crippen molar-refractivity contribution in [1.29, 1.82) is 0 Å². The molecule has 0 aliphatic carbocycles. The molecule has 1 aliphatic rings. The van der Waals surface area contributed by atoms with Gasteiger partial charge in [0, 0.05) is 12.2 Å². The average Bonchev–Trinajstić information content (AvgIpc) is 2.59. The third-order valence-corrected chi connectivity index (χ3v) is 4.61. The quantitative estimate of drug-likeness (QED) is 0.595. The van der Waals surface area contributed by atoms with Crippen LogP contribution in [-0.4, -0.2) is 44.1 Å². The van der Waals surface area contributed by atoms with Gasteiger partial charge in [-0.1, -0.05) is 13.8 Å². The number of methoxy groups -OCH3 is 1. The summed E-state index contributed by atoms with van der Waals surface area (Å²) in [6, 6.07) is 7.69. The van der Waals surface area contributed by atoms with Crippen LogP contribution in [-0.2, 0) is 0 Å². The average molecular weight is 332 g/mol. The molecule has 134 valence electrons.